The van der Waals surface area contributed by atoms with Gasteiger partial charge in [0.25, 0.3) is 5.91 Å². The van der Waals surface area contributed by atoms with Gasteiger partial charge in [0.1, 0.15) is 11.5 Å². The first kappa shape index (κ1) is 18.5. The summed E-state index contributed by atoms with van der Waals surface area (Å²) in [6, 6.07) is 12.9. The minimum absolute atomic E-state index is 0.0334. The van der Waals surface area contributed by atoms with Gasteiger partial charge >= 0.3 is 0 Å². The standard InChI is InChI=1S/C20H23ClN2O3/c1-25-18-6-7-19(26-2)16(13-18)14-22-8-10-23(11-9-22)20(24)15-4-3-5-17(21)12-15/h3-7,12-13H,8-11,14H2,1-2H3. The third kappa shape index (κ3) is 4.29. The molecule has 138 valence electrons. The first-order chi connectivity index (χ1) is 12.6. The van der Waals surface area contributed by atoms with Crippen LogP contribution in [0.1, 0.15) is 15.9 Å². The molecule has 1 saturated heterocycles. The Morgan fingerprint density at radius 2 is 1.81 bits per heavy atom. The lowest BCUT2D eigenvalue weighted by Crippen LogP contribution is -2.48. The van der Waals surface area contributed by atoms with Gasteiger partial charge in [0.15, 0.2) is 0 Å². The van der Waals surface area contributed by atoms with Gasteiger partial charge in [0.2, 0.25) is 0 Å². The second-order valence-electron chi connectivity index (χ2n) is 6.26. The second kappa shape index (κ2) is 8.43. The molecule has 1 fully saturated rings. The second-order valence-corrected chi connectivity index (χ2v) is 6.69. The molecule has 26 heavy (non-hydrogen) atoms. The molecule has 1 heterocycles. The van der Waals surface area contributed by atoms with E-state index in [2.05, 4.69) is 4.90 Å². The van der Waals surface area contributed by atoms with E-state index in [9.17, 15) is 4.79 Å². The van der Waals surface area contributed by atoms with Crippen LogP contribution in [0.4, 0.5) is 0 Å². The monoisotopic (exact) mass is 374 g/mol. The summed E-state index contributed by atoms with van der Waals surface area (Å²) >= 11 is 5.99. The Balaban J connectivity index is 1.61. The molecule has 0 N–H and O–H groups in total. The van der Waals surface area contributed by atoms with Crippen molar-refractivity contribution >= 4 is 17.5 Å². The van der Waals surface area contributed by atoms with Gasteiger partial charge in [-0.05, 0) is 36.4 Å². The third-order valence-electron chi connectivity index (χ3n) is 4.61. The highest BCUT2D eigenvalue weighted by atomic mass is 35.5. The van der Waals surface area contributed by atoms with E-state index in [1.54, 1.807) is 32.4 Å². The number of nitrogens with zero attached hydrogens (tertiary/aromatic N) is 2. The van der Waals surface area contributed by atoms with E-state index in [1.165, 1.54) is 0 Å². The highest BCUT2D eigenvalue weighted by molar-refractivity contribution is 6.30. The topological polar surface area (TPSA) is 42.0 Å². The number of carbonyl (C=O) groups is 1. The molecule has 0 aliphatic carbocycles. The molecule has 0 atom stereocenters. The molecule has 2 aromatic rings. The molecule has 0 aromatic heterocycles. The highest BCUT2D eigenvalue weighted by Gasteiger charge is 2.23. The Morgan fingerprint density at radius 3 is 2.46 bits per heavy atom. The van der Waals surface area contributed by atoms with E-state index in [-0.39, 0.29) is 5.91 Å². The predicted octanol–water partition coefficient (Wildman–Crippen LogP) is 3.32. The SMILES string of the molecule is COc1ccc(OC)c(CN2CCN(C(=O)c3cccc(Cl)c3)CC2)c1. The van der Waals surface area contributed by atoms with Crippen molar-refractivity contribution in [2.75, 3.05) is 40.4 Å². The van der Waals surface area contributed by atoms with Crippen LogP contribution in [0.15, 0.2) is 42.5 Å². The van der Waals surface area contributed by atoms with Crippen molar-refractivity contribution < 1.29 is 14.3 Å². The molecule has 0 saturated carbocycles. The van der Waals surface area contributed by atoms with E-state index in [0.717, 1.165) is 36.7 Å². The fraction of sp³-hybridized carbons (Fsp3) is 0.350. The summed E-state index contributed by atoms with van der Waals surface area (Å²) in [6.45, 7) is 3.77. The van der Waals surface area contributed by atoms with Gasteiger partial charge in [-0.25, -0.2) is 0 Å². The van der Waals surface area contributed by atoms with Gasteiger partial charge in [-0.2, -0.15) is 0 Å². The fourth-order valence-corrected chi connectivity index (χ4v) is 3.35. The Bertz CT molecular complexity index is 773. The smallest absolute Gasteiger partial charge is 0.253 e. The average Bonchev–Trinajstić information content (AvgIpc) is 2.68. The van der Waals surface area contributed by atoms with Crippen LogP contribution in [0, 0.1) is 0 Å². The van der Waals surface area contributed by atoms with E-state index in [4.69, 9.17) is 21.1 Å². The van der Waals surface area contributed by atoms with Crippen LogP contribution in [0.5, 0.6) is 11.5 Å². The summed E-state index contributed by atoms with van der Waals surface area (Å²) in [6.07, 6.45) is 0. The molecule has 1 amide bonds. The summed E-state index contributed by atoms with van der Waals surface area (Å²) in [5.41, 5.74) is 1.72. The zero-order valence-electron chi connectivity index (χ0n) is 15.1. The maximum Gasteiger partial charge on any atom is 0.253 e. The molecular formula is C20H23ClN2O3. The summed E-state index contributed by atoms with van der Waals surface area (Å²) in [4.78, 5) is 16.8. The normalized spacial score (nSPS) is 15.0. The van der Waals surface area contributed by atoms with Gasteiger partial charge in [-0.15, -0.1) is 0 Å². The minimum atomic E-state index is 0.0334. The van der Waals surface area contributed by atoms with Crippen LogP contribution in [0.2, 0.25) is 5.02 Å². The van der Waals surface area contributed by atoms with Crippen molar-refractivity contribution in [3.63, 3.8) is 0 Å². The van der Waals surface area contributed by atoms with Crippen LogP contribution in [0.25, 0.3) is 0 Å². The van der Waals surface area contributed by atoms with E-state index in [0.29, 0.717) is 23.7 Å². The molecule has 5 nitrogen and oxygen atoms in total. The van der Waals surface area contributed by atoms with Gasteiger partial charge < -0.3 is 14.4 Å². The number of carbonyl (C=O) groups excluding carboxylic acids is 1. The van der Waals surface area contributed by atoms with Crippen molar-refractivity contribution in [1.82, 2.24) is 9.80 Å². The van der Waals surface area contributed by atoms with Crippen LogP contribution >= 0.6 is 11.6 Å². The lowest BCUT2D eigenvalue weighted by Gasteiger charge is -2.35. The number of hydrogen-bond acceptors (Lipinski definition) is 4. The number of ether oxygens (including phenoxy) is 2. The van der Waals surface area contributed by atoms with Gasteiger partial charge in [0, 0.05) is 48.9 Å². The van der Waals surface area contributed by atoms with Crippen molar-refractivity contribution in [2.45, 2.75) is 6.54 Å². The van der Waals surface area contributed by atoms with Crippen LogP contribution in [-0.2, 0) is 6.54 Å². The number of amides is 1. The number of methoxy groups -OCH3 is 2. The number of benzene rings is 2. The fourth-order valence-electron chi connectivity index (χ4n) is 3.16. The molecule has 0 bridgehead atoms. The molecule has 0 spiro atoms. The molecule has 6 heteroatoms. The summed E-state index contributed by atoms with van der Waals surface area (Å²) in [5, 5.41) is 0.583. The molecule has 3 rings (SSSR count). The van der Waals surface area contributed by atoms with Crippen molar-refractivity contribution in [3.05, 3.63) is 58.6 Å². The maximum atomic E-state index is 12.6. The quantitative estimate of drug-likeness (QED) is 0.805. The van der Waals surface area contributed by atoms with E-state index >= 15 is 0 Å². The lowest BCUT2D eigenvalue weighted by molar-refractivity contribution is 0.0627. The van der Waals surface area contributed by atoms with Crippen LogP contribution in [0.3, 0.4) is 0 Å². The van der Waals surface area contributed by atoms with Crippen molar-refractivity contribution in [3.8, 4) is 11.5 Å². The molecule has 1 aliphatic rings. The van der Waals surface area contributed by atoms with Gasteiger partial charge in [-0.1, -0.05) is 17.7 Å². The van der Waals surface area contributed by atoms with Crippen molar-refractivity contribution in [1.29, 1.82) is 0 Å². The molecular weight excluding hydrogens is 352 g/mol. The molecule has 0 unspecified atom stereocenters. The number of hydrogen-bond donors (Lipinski definition) is 0. The summed E-state index contributed by atoms with van der Waals surface area (Å²) in [7, 11) is 3.33. The lowest BCUT2D eigenvalue weighted by atomic mass is 10.1. The third-order valence-corrected chi connectivity index (χ3v) is 4.85. The first-order valence-electron chi connectivity index (χ1n) is 8.59. The largest absolute Gasteiger partial charge is 0.497 e. The summed E-state index contributed by atoms with van der Waals surface area (Å²) < 4.78 is 10.8. The van der Waals surface area contributed by atoms with E-state index < -0.39 is 0 Å². The number of rotatable bonds is 5. The van der Waals surface area contributed by atoms with E-state index in [1.807, 2.05) is 29.2 Å². The Labute approximate surface area is 159 Å². The Kier molecular flexibility index (Phi) is 6.01. The number of piperazine rings is 1. The first-order valence-corrected chi connectivity index (χ1v) is 8.96. The minimum Gasteiger partial charge on any atom is -0.497 e. The Morgan fingerprint density at radius 1 is 1.04 bits per heavy atom. The average molecular weight is 375 g/mol. The molecule has 1 aliphatic heterocycles. The molecule has 0 radical (unpaired) electrons. The van der Waals surface area contributed by atoms with Crippen molar-refractivity contribution in [2.24, 2.45) is 0 Å². The van der Waals surface area contributed by atoms with Gasteiger partial charge in [-0.3, -0.25) is 9.69 Å². The van der Waals surface area contributed by atoms with Crippen LogP contribution < -0.4 is 9.47 Å². The summed E-state index contributed by atoms with van der Waals surface area (Å²) in [5.74, 6) is 1.70. The van der Waals surface area contributed by atoms with Crippen LogP contribution in [-0.4, -0.2) is 56.1 Å². The highest BCUT2D eigenvalue weighted by Crippen LogP contribution is 2.25. The van der Waals surface area contributed by atoms with Gasteiger partial charge in [0.05, 0.1) is 14.2 Å². The predicted molar refractivity (Wildman–Crippen MR) is 102 cm³/mol. The zero-order chi connectivity index (χ0) is 18.5. The number of halogens is 1. The maximum absolute atomic E-state index is 12.6. The molecule has 2 aromatic carbocycles. The Hall–Kier alpha value is -2.24. The zero-order valence-corrected chi connectivity index (χ0v) is 15.8.